The van der Waals surface area contributed by atoms with Crippen LogP contribution in [0.1, 0.15) is 16.1 Å². The Labute approximate surface area is 90.8 Å². The zero-order valence-corrected chi connectivity index (χ0v) is 8.25. The van der Waals surface area contributed by atoms with Gasteiger partial charge in [0.25, 0.3) is 0 Å². The molecule has 0 aliphatic rings. The van der Waals surface area contributed by atoms with Gasteiger partial charge >= 0.3 is 12.0 Å². The maximum atomic E-state index is 10.9. The molecule has 8 heteroatoms. The van der Waals surface area contributed by atoms with E-state index in [0.29, 0.717) is 5.69 Å². The van der Waals surface area contributed by atoms with Crippen LogP contribution in [0, 0.1) is 0 Å². The Morgan fingerprint density at radius 3 is 2.62 bits per heavy atom. The first-order valence-corrected chi connectivity index (χ1v) is 4.25. The Bertz CT molecular complexity index is 391. The Morgan fingerprint density at radius 1 is 1.50 bits per heavy atom. The molecule has 86 valence electrons. The fourth-order valence-corrected chi connectivity index (χ4v) is 0.974. The SMILES string of the molecule is NNC(=O)N(N)Cc1ccc(C(=O)O)cn1. The highest BCUT2D eigenvalue weighted by atomic mass is 16.4. The second kappa shape index (κ2) is 5.05. The van der Waals surface area contributed by atoms with Gasteiger partial charge in [-0.1, -0.05) is 0 Å². The molecule has 1 rings (SSSR count). The maximum absolute atomic E-state index is 10.9. The number of aromatic nitrogens is 1. The highest BCUT2D eigenvalue weighted by Crippen LogP contribution is 2.02. The molecule has 0 spiro atoms. The number of nitrogens with one attached hydrogen (secondary N) is 1. The number of aromatic carboxylic acids is 1. The summed E-state index contributed by atoms with van der Waals surface area (Å²) in [4.78, 5) is 25.3. The second-order valence-electron chi connectivity index (χ2n) is 2.92. The molecule has 0 unspecified atom stereocenters. The van der Waals surface area contributed by atoms with Crippen LogP contribution in [0.2, 0.25) is 0 Å². The lowest BCUT2D eigenvalue weighted by Gasteiger charge is -2.14. The van der Waals surface area contributed by atoms with E-state index in [-0.39, 0.29) is 12.1 Å². The van der Waals surface area contributed by atoms with Crippen molar-refractivity contribution in [3.8, 4) is 0 Å². The molecule has 6 N–H and O–H groups in total. The molecule has 0 aliphatic heterocycles. The Kier molecular flexibility index (Phi) is 3.75. The number of rotatable bonds is 3. The summed E-state index contributed by atoms with van der Waals surface area (Å²) in [6.45, 7) is 0.0307. The number of carboxylic acids is 1. The third kappa shape index (κ3) is 2.90. The van der Waals surface area contributed by atoms with E-state index in [4.69, 9.17) is 16.8 Å². The average Bonchev–Trinajstić information content (AvgIpc) is 2.28. The highest BCUT2D eigenvalue weighted by molar-refractivity contribution is 5.87. The number of hydrazine groups is 2. The number of nitrogens with two attached hydrogens (primary N) is 2. The van der Waals surface area contributed by atoms with Crippen molar-refractivity contribution in [3.05, 3.63) is 29.6 Å². The molecule has 0 saturated heterocycles. The summed E-state index contributed by atoms with van der Waals surface area (Å²) >= 11 is 0. The molecule has 0 saturated carbocycles. The molecule has 16 heavy (non-hydrogen) atoms. The Balaban J connectivity index is 2.68. The van der Waals surface area contributed by atoms with E-state index < -0.39 is 12.0 Å². The predicted octanol–water partition coefficient (Wildman–Crippen LogP) is -0.961. The second-order valence-corrected chi connectivity index (χ2v) is 2.92. The van der Waals surface area contributed by atoms with Crippen LogP contribution >= 0.6 is 0 Å². The lowest BCUT2D eigenvalue weighted by atomic mass is 10.2. The number of hydrogen-bond acceptors (Lipinski definition) is 5. The van der Waals surface area contributed by atoms with Gasteiger partial charge in [0, 0.05) is 6.20 Å². The first-order valence-electron chi connectivity index (χ1n) is 4.25. The summed E-state index contributed by atoms with van der Waals surface area (Å²) in [6.07, 6.45) is 1.19. The van der Waals surface area contributed by atoms with Crippen molar-refractivity contribution in [1.29, 1.82) is 0 Å². The first kappa shape index (κ1) is 11.9. The first-order chi connectivity index (χ1) is 7.54. The number of urea groups is 1. The topological polar surface area (TPSA) is 135 Å². The molecular weight excluding hydrogens is 214 g/mol. The largest absolute Gasteiger partial charge is 0.478 e. The van der Waals surface area contributed by atoms with E-state index in [0.717, 1.165) is 5.01 Å². The molecule has 0 aliphatic carbocycles. The monoisotopic (exact) mass is 225 g/mol. The molecule has 0 radical (unpaired) electrons. The van der Waals surface area contributed by atoms with Gasteiger partial charge in [-0.25, -0.2) is 21.3 Å². The molecule has 2 amide bonds. The minimum absolute atomic E-state index is 0.0307. The van der Waals surface area contributed by atoms with Gasteiger partial charge < -0.3 is 5.11 Å². The summed E-state index contributed by atoms with van der Waals surface area (Å²) in [6, 6.07) is 2.18. The van der Waals surface area contributed by atoms with E-state index in [1.54, 1.807) is 0 Å². The van der Waals surface area contributed by atoms with Crippen LogP contribution in [0.25, 0.3) is 0 Å². The number of amides is 2. The predicted molar refractivity (Wildman–Crippen MR) is 53.6 cm³/mol. The van der Waals surface area contributed by atoms with E-state index in [1.165, 1.54) is 18.3 Å². The van der Waals surface area contributed by atoms with Crippen molar-refractivity contribution in [2.24, 2.45) is 11.7 Å². The normalized spacial score (nSPS) is 9.62. The van der Waals surface area contributed by atoms with Crippen molar-refractivity contribution in [1.82, 2.24) is 15.4 Å². The van der Waals surface area contributed by atoms with E-state index in [1.807, 2.05) is 5.43 Å². The van der Waals surface area contributed by atoms with Crippen molar-refractivity contribution in [2.45, 2.75) is 6.54 Å². The van der Waals surface area contributed by atoms with Crippen LogP contribution in [0.3, 0.4) is 0 Å². The van der Waals surface area contributed by atoms with Gasteiger partial charge in [-0.05, 0) is 12.1 Å². The van der Waals surface area contributed by atoms with Gasteiger partial charge in [-0.2, -0.15) is 0 Å². The molecule has 0 fully saturated rings. The third-order valence-electron chi connectivity index (χ3n) is 1.79. The zero-order valence-electron chi connectivity index (χ0n) is 8.25. The lowest BCUT2D eigenvalue weighted by Crippen LogP contribution is -2.46. The van der Waals surface area contributed by atoms with Gasteiger partial charge in [-0.15, -0.1) is 0 Å². The number of carboxylic acid groups (broad SMARTS) is 1. The van der Waals surface area contributed by atoms with Crippen molar-refractivity contribution < 1.29 is 14.7 Å². The fourth-order valence-electron chi connectivity index (χ4n) is 0.974. The highest BCUT2D eigenvalue weighted by Gasteiger charge is 2.09. The summed E-state index contributed by atoms with van der Waals surface area (Å²) in [5.41, 5.74) is 2.37. The van der Waals surface area contributed by atoms with Crippen LogP contribution in [-0.4, -0.2) is 27.1 Å². The third-order valence-corrected chi connectivity index (χ3v) is 1.79. The number of pyridine rings is 1. The summed E-state index contributed by atoms with van der Waals surface area (Å²) in [5.74, 6) is 9.15. The van der Waals surface area contributed by atoms with Gasteiger partial charge in [0.1, 0.15) is 0 Å². The number of carbonyl (C=O) groups excluding carboxylic acids is 1. The number of nitrogens with zero attached hydrogens (tertiary/aromatic N) is 2. The average molecular weight is 225 g/mol. The lowest BCUT2D eigenvalue weighted by molar-refractivity contribution is 0.0696. The molecule has 0 bridgehead atoms. The van der Waals surface area contributed by atoms with Gasteiger partial charge in [0.05, 0.1) is 17.8 Å². The standard InChI is InChI=1S/C8H11N5O3/c9-12-8(16)13(10)4-6-2-1-5(3-11-6)7(14)15/h1-3H,4,9-10H2,(H,12,16)(H,14,15). The van der Waals surface area contributed by atoms with E-state index >= 15 is 0 Å². The van der Waals surface area contributed by atoms with Gasteiger partial charge in [0.15, 0.2) is 0 Å². The van der Waals surface area contributed by atoms with Crippen LogP contribution in [0.5, 0.6) is 0 Å². The molecule has 0 atom stereocenters. The molecule has 8 nitrogen and oxygen atoms in total. The summed E-state index contributed by atoms with van der Waals surface area (Å²) in [7, 11) is 0. The fraction of sp³-hybridized carbons (Fsp3) is 0.125. The number of hydrogen-bond donors (Lipinski definition) is 4. The van der Waals surface area contributed by atoms with E-state index in [2.05, 4.69) is 4.98 Å². The smallest absolute Gasteiger partial charge is 0.346 e. The van der Waals surface area contributed by atoms with Crippen LogP contribution in [0.15, 0.2) is 18.3 Å². The van der Waals surface area contributed by atoms with Crippen molar-refractivity contribution in [2.75, 3.05) is 0 Å². The van der Waals surface area contributed by atoms with Crippen LogP contribution in [-0.2, 0) is 6.54 Å². The number of carbonyl (C=O) groups is 2. The van der Waals surface area contributed by atoms with E-state index in [9.17, 15) is 9.59 Å². The zero-order chi connectivity index (χ0) is 12.1. The molecule has 0 aromatic carbocycles. The molecule has 1 heterocycles. The molecule has 1 aromatic heterocycles. The summed E-state index contributed by atoms with van der Waals surface area (Å²) in [5, 5.41) is 9.45. The van der Waals surface area contributed by atoms with Crippen LogP contribution in [0.4, 0.5) is 4.79 Å². The van der Waals surface area contributed by atoms with Crippen LogP contribution < -0.4 is 17.1 Å². The van der Waals surface area contributed by atoms with Crippen molar-refractivity contribution >= 4 is 12.0 Å². The van der Waals surface area contributed by atoms with Gasteiger partial charge in [-0.3, -0.25) is 15.4 Å². The minimum atomic E-state index is -1.07. The minimum Gasteiger partial charge on any atom is -0.478 e. The van der Waals surface area contributed by atoms with Gasteiger partial charge in [0.2, 0.25) is 0 Å². The Morgan fingerprint density at radius 2 is 2.19 bits per heavy atom. The molecule has 1 aromatic rings. The summed E-state index contributed by atoms with van der Waals surface area (Å²) < 4.78 is 0. The maximum Gasteiger partial charge on any atom is 0.346 e. The Hall–Kier alpha value is -2.19. The quantitative estimate of drug-likeness (QED) is 0.297. The van der Waals surface area contributed by atoms with Crippen molar-refractivity contribution in [3.63, 3.8) is 0 Å². The molecular formula is C8H11N5O3.